The normalized spacial score (nSPS) is 9.75. The summed E-state index contributed by atoms with van der Waals surface area (Å²) in [5, 5.41) is 4.54. The maximum atomic E-state index is 13.4. The highest BCUT2D eigenvalue weighted by atomic mass is 79.9. The van der Waals surface area contributed by atoms with E-state index in [1.165, 1.54) is 19.2 Å². The van der Waals surface area contributed by atoms with Gasteiger partial charge in [-0.25, -0.2) is 9.18 Å². The third-order valence-corrected chi connectivity index (χ3v) is 2.70. The molecule has 0 heterocycles. The fraction of sp³-hybridized carbons (Fsp3) is 0.250. The molecule has 1 rings (SSSR count). The van der Waals surface area contributed by atoms with Crippen LogP contribution in [0.15, 0.2) is 22.7 Å². The first-order valence-corrected chi connectivity index (χ1v) is 6.32. The Morgan fingerprint density at radius 1 is 1.30 bits per heavy atom. The Labute approximate surface area is 122 Å². The molecule has 2 amide bonds. The molecular weight excluding hydrogens is 335 g/mol. The molecule has 1 aromatic carbocycles. The molecule has 1 aromatic rings. The number of ether oxygens (including phenoxy) is 1. The monoisotopic (exact) mass is 346 g/mol. The number of halogens is 2. The second kappa shape index (κ2) is 7.59. The van der Waals surface area contributed by atoms with Crippen LogP contribution in [-0.4, -0.2) is 38.0 Å². The Bertz CT molecular complexity index is 536. The van der Waals surface area contributed by atoms with Crippen LogP contribution >= 0.6 is 15.9 Å². The van der Waals surface area contributed by atoms with Crippen LogP contribution in [0.2, 0.25) is 0 Å². The van der Waals surface area contributed by atoms with Gasteiger partial charge in [-0.15, -0.1) is 0 Å². The van der Waals surface area contributed by atoms with Crippen molar-refractivity contribution in [2.45, 2.75) is 0 Å². The van der Waals surface area contributed by atoms with Gasteiger partial charge in [0.2, 0.25) is 5.91 Å². The topological polar surface area (TPSA) is 84.5 Å². The van der Waals surface area contributed by atoms with Crippen LogP contribution in [0, 0.1) is 5.82 Å². The predicted molar refractivity (Wildman–Crippen MR) is 71.5 cm³/mol. The van der Waals surface area contributed by atoms with Crippen LogP contribution < -0.4 is 10.6 Å². The molecule has 0 atom stereocenters. The second-order valence-electron chi connectivity index (χ2n) is 3.65. The van der Waals surface area contributed by atoms with E-state index in [2.05, 4.69) is 31.3 Å². The molecule has 20 heavy (non-hydrogen) atoms. The van der Waals surface area contributed by atoms with Gasteiger partial charge in [0.15, 0.2) is 6.61 Å². The molecule has 0 saturated heterocycles. The van der Waals surface area contributed by atoms with E-state index in [0.717, 1.165) is 6.07 Å². The Hall–Kier alpha value is -1.96. The van der Waals surface area contributed by atoms with Crippen molar-refractivity contribution in [2.75, 3.05) is 20.2 Å². The van der Waals surface area contributed by atoms with E-state index in [4.69, 9.17) is 0 Å². The zero-order valence-electron chi connectivity index (χ0n) is 10.5. The van der Waals surface area contributed by atoms with E-state index in [9.17, 15) is 18.8 Å². The van der Waals surface area contributed by atoms with Crippen LogP contribution in [0.25, 0.3) is 0 Å². The largest absolute Gasteiger partial charge is 0.452 e. The number of benzene rings is 1. The summed E-state index contributed by atoms with van der Waals surface area (Å²) in [6, 6.07) is 3.79. The number of nitrogens with one attached hydrogen (secondary N) is 2. The predicted octanol–water partition coefficient (Wildman–Crippen LogP) is 0.607. The molecule has 0 saturated carbocycles. The summed E-state index contributed by atoms with van der Waals surface area (Å²) < 4.78 is 18.5. The molecule has 108 valence electrons. The van der Waals surface area contributed by atoms with Crippen molar-refractivity contribution in [3.63, 3.8) is 0 Å². The van der Waals surface area contributed by atoms with E-state index in [1.807, 2.05) is 0 Å². The maximum absolute atomic E-state index is 13.4. The van der Waals surface area contributed by atoms with Crippen molar-refractivity contribution in [1.82, 2.24) is 10.6 Å². The third-order valence-electron chi connectivity index (χ3n) is 2.21. The summed E-state index contributed by atoms with van der Waals surface area (Å²) in [4.78, 5) is 33.7. The van der Waals surface area contributed by atoms with Crippen LogP contribution in [-0.2, 0) is 14.3 Å². The standard InChI is InChI=1S/C12H12BrFN2O4/c1-15-10(17)5-16-11(18)6-20-12(19)8-4-7(13)2-3-9(8)14/h2-4H,5-6H2,1H3,(H,15,17)(H,16,18). The van der Waals surface area contributed by atoms with E-state index in [0.29, 0.717) is 4.47 Å². The fourth-order valence-electron chi connectivity index (χ4n) is 1.18. The van der Waals surface area contributed by atoms with Gasteiger partial charge in [0.1, 0.15) is 5.82 Å². The van der Waals surface area contributed by atoms with Crippen molar-refractivity contribution >= 4 is 33.7 Å². The molecule has 8 heteroatoms. The number of rotatable bonds is 5. The fourth-order valence-corrected chi connectivity index (χ4v) is 1.54. The lowest BCUT2D eigenvalue weighted by Gasteiger charge is -2.07. The first-order valence-electron chi connectivity index (χ1n) is 5.53. The highest BCUT2D eigenvalue weighted by molar-refractivity contribution is 9.10. The zero-order chi connectivity index (χ0) is 15.1. The highest BCUT2D eigenvalue weighted by Crippen LogP contribution is 2.16. The lowest BCUT2D eigenvalue weighted by molar-refractivity contribution is -0.127. The molecule has 2 N–H and O–H groups in total. The molecule has 0 spiro atoms. The average molecular weight is 347 g/mol. The first kappa shape index (κ1) is 16.1. The lowest BCUT2D eigenvalue weighted by atomic mass is 10.2. The van der Waals surface area contributed by atoms with Gasteiger partial charge in [-0.05, 0) is 18.2 Å². The van der Waals surface area contributed by atoms with Gasteiger partial charge in [-0.2, -0.15) is 0 Å². The Balaban J connectivity index is 2.49. The SMILES string of the molecule is CNC(=O)CNC(=O)COC(=O)c1cc(Br)ccc1F. The van der Waals surface area contributed by atoms with Crippen molar-refractivity contribution in [1.29, 1.82) is 0 Å². The van der Waals surface area contributed by atoms with E-state index < -0.39 is 24.3 Å². The van der Waals surface area contributed by atoms with Gasteiger partial charge in [0.05, 0.1) is 12.1 Å². The Morgan fingerprint density at radius 3 is 2.65 bits per heavy atom. The number of esters is 1. The summed E-state index contributed by atoms with van der Waals surface area (Å²) >= 11 is 3.10. The summed E-state index contributed by atoms with van der Waals surface area (Å²) in [6.45, 7) is -0.820. The first-order chi connectivity index (χ1) is 9.43. The summed E-state index contributed by atoms with van der Waals surface area (Å²) in [6.07, 6.45) is 0. The number of hydrogen-bond acceptors (Lipinski definition) is 4. The third kappa shape index (κ3) is 4.96. The molecular formula is C12H12BrFN2O4. The van der Waals surface area contributed by atoms with Crippen LogP contribution in [0.5, 0.6) is 0 Å². The maximum Gasteiger partial charge on any atom is 0.341 e. The van der Waals surface area contributed by atoms with Crippen LogP contribution in [0.3, 0.4) is 0 Å². The Kier molecular flexibility index (Phi) is 6.10. The summed E-state index contributed by atoms with van der Waals surface area (Å²) in [5.41, 5.74) is -0.279. The molecule has 0 aromatic heterocycles. The minimum atomic E-state index is -0.959. The van der Waals surface area contributed by atoms with Crippen molar-refractivity contribution in [3.05, 3.63) is 34.1 Å². The zero-order valence-corrected chi connectivity index (χ0v) is 12.1. The van der Waals surface area contributed by atoms with E-state index >= 15 is 0 Å². The quantitative estimate of drug-likeness (QED) is 0.765. The second-order valence-corrected chi connectivity index (χ2v) is 4.57. The van der Waals surface area contributed by atoms with Gasteiger partial charge >= 0.3 is 5.97 Å². The smallest absolute Gasteiger partial charge is 0.341 e. The van der Waals surface area contributed by atoms with Gasteiger partial charge in [-0.3, -0.25) is 9.59 Å². The average Bonchev–Trinajstić information content (AvgIpc) is 2.44. The van der Waals surface area contributed by atoms with E-state index in [-0.39, 0.29) is 18.0 Å². The molecule has 6 nitrogen and oxygen atoms in total. The van der Waals surface area contributed by atoms with Crippen molar-refractivity contribution < 1.29 is 23.5 Å². The summed E-state index contributed by atoms with van der Waals surface area (Å²) in [5.74, 6) is -2.75. The number of hydrogen-bond donors (Lipinski definition) is 2. The minimum Gasteiger partial charge on any atom is -0.452 e. The molecule has 0 unspecified atom stereocenters. The van der Waals surface area contributed by atoms with Crippen molar-refractivity contribution in [3.8, 4) is 0 Å². The summed E-state index contributed by atoms with van der Waals surface area (Å²) in [7, 11) is 1.42. The molecule has 0 aliphatic carbocycles. The number of carbonyl (C=O) groups excluding carboxylic acids is 3. The molecule has 0 radical (unpaired) electrons. The van der Waals surface area contributed by atoms with Gasteiger partial charge < -0.3 is 15.4 Å². The highest BCUT2D eigenvalue weighted by Gasteiger charge is 2.15. The van der Waals surface area contributed by atoms with Crippen LogP contribution in [0.4, 0.5) is 4.39 Å². The number of carbonyl (C=O) groups is 3. The number of likely N-dealkylation sites (N-methyl/N-ethyl adjacent to an activating group) is 1. The van der Waals surface area contributed by atoms with Crippen molar-refractivity contribution in [2.24, 2.45) is 0 Å². The molecule has 0 fully saturated rings. The molecule has 0 aliphatic heterocycles. The van der Waals surface area contributed by atoms with Crippen LogP contribution in [0.1, 0.15) is 10.4 Å². The molecule has 0 aliphatic rings. The van der Waals surface area contributed by atoms with Gasteiger partial charge in [0.25, 0.3) is 5.91 Å². The lowest BCUT2D eigenvalue weighted by Crippen LogP contribution is -2.37. The van der Waals surface area contributed by atoms with E-state index in [1.54, 1.807) is 0 Å². The van der Waals surface area contributed by atoms with Gasteiger partial charge in [-0.1, -0.05) is 15.9 Å². The van der Waals surface area contributed by atoms with Gasteiger partial charge in [0, 0.05) is 11.5 Å². The Morgan fingerprint density at radius 2 is 2.00 bits per heavy atom. The minimum absolute atomic E-state index is 0.224. The molecule has 0 bridgehead atoms. The number of amides is 2.